The predicted molar refractivity (Wildman–Crippen MR) is 156 cm³/mol. The molecule has 0 bridgehead atoms. The molecule has 0 spiro atoms. The summed E-state index contributed by atoms with van der Waals surface area (Å²) in [7, 11) is 4.76. The van der Waals surface area contributed by atoms with Crippen molar-refractivity contribution >= 4 is 23.5 Å². The Bertz CT molecular complexity index is 1580. The minimum Gasteiger partial charge on any atom is -0.493 e. The summed E-state index contributed by atoms with van der Waals surface area (Å²) in [5.74, 6) is 0.359. The first-order chi connectivity index (χ1) is 20.3. The molecule has 0 saturated heterocycles. The van der Waals surface area contributed by atoms with Gasteiger partial charge in [-0.25, -0.2) is 0 Å². The van der Waals surface area contributed by atoms with Crippen molar-refractivity contribution in [1.29, 1.82) is 0 Å². The maximum absolute atomic E-state index is 12.8. The van der Waals surface area contributed by atoms with Gasteiger partial charge in [-0.05, 0) is 55.8 Å². The Morgan fingerprint density at radius 3 is 2.64 bits per heavy atom. The van der Waals surface area contributed by atoms with Crippen LogP contribution in [0.2, 0.25) is 5.02 Å². The summed E-state index contributed by atoms with van der Waals surface area (Å²) in [6, 6.07) is 17.2. The molecule has 11 heteroatoms. The number of aryl methyl sites for hydroxylation is 1. The van der Waals surface area contributed by atoms with Crippen LogP contribution in [0, 0.1) is 0 Å². The Morgan fingerprint density at radius 2 is 1.88 bits per heavy atom. The van der Waals surface area contributed by atoms with Crippen LogP contribution in [-0.2, 0) is 20.8 Å². The number of carbonyl (C=O) groups is 2. The van der Waals surface area contributed by atoms with Crippen LogP contribution in [-0.4, -0.2) is 65.5 Å². The number of hydrogen-bond donors (Lipinski definition) is 0. The van der Waals surface area contributed by atoms with Gasteiger partial charge in [-0.1, -0.05) is 23.7 Å². The van der Waals surface area contributed by atoms with Crippen molar-refractivity contribution in [2.24, 2.45) is 0 Å². The lowest BCUT2D eigenvalue weighted by Crippen LogP contribution is -2.33. The van der Waals surface area contributed by atoms with Crippen LogP contribution in [0.3, 0.4) is 0 Å². The summed E-state index contributed by atoms with van der Waals surface area (Å²) >= 11 is 6.50. The van der Waals surface area contributed by atoms with Gasteiger partial charge in [0.1, 0.15) is 24.4 Å². The molecule has 0 saturated carbocycles. The van der Waals surface area contributed by atoms with Crippen LogP contribution in [0.4, 0.5) is 0 Å². The quantitative estimate of drug-likeness (QED) is 0.233. The Labute approximate surface area is 249 Å². The molecule has 0 fully saturated rings. The standard InChI is InChI=1S/C31H33ClN4O6/c1-5-41-28(37)19-34(2)31(38)23-13-16-35(33-23)17-14-26-25-9-7-15-36(25)24-12-11-20(32)18-22(24)29(42-26)21-8-6-10-27(39-3)30(21)40-4/h6-13,15-16,18,26,29H,5,14,17,19H2,1-4H3. The molecule has 5 rings (SSSR count). The molecular weight excluding hydrogens is 560 g/mol. The molecule has 1 amide bonds. The second kappa shape index (κ2) is 12.7. The van der Waals surface area contributed by atoms with Gasteiger partial charge in [-0.15, -0.1) is 0 Å². The lowest BCUT2D eigenvalue weighted by Gasteiger charge is -2.25. The number of hydrogen-bond acceptors (Lipinski definition) is 7. The van der Waals surface area contributed by atoms with E-state index in [2.05, 4.69) is 9.67 Å². The normalized spacial score (nSPS) is 15.7. The minimum atomic E-state index is -0.514. The van der Waals surface area contributed by atoms with E-state index in [1.165, 1.54) is 4.90 Å². The van der Waals surface area contributed by atoms with E-state index in [-0.39, 0.29) is 30.9 Å². The smallest absolute Gasteiger partial charge is 0.325 e. The molecular formula is C31H33ClN4O6. The van der Waals surface area contributed by atoms with E-state index in [9.17, 15) is 9.59 Å². The highest BCUT2D eigenvalue weighted by atomic mass is 35.5. The summed E-state index contributed by atoms with van der Waals surface area (Å²) in [4.78, 5) is 25.9. The fourth-order valence-electron chi connectivity index (χ4n) is 5.23. The zero-order valence-electron chi connectivity index (χ0n) is 24.0. The molecule has 1 aliphatic heterocycles. The lowest BCUT2D eigenvalue weighted by molar-refractivity contribution is -0.143. The summed E-state index contributed by atoms with van der Waals surface area (Å²) in [6.07, 6.45) is 3.45. The molecule has 2 aromatic heterocycles. The Balaban J connectivity index is 1.43. The van der Waals surface area contributed by atoms with E-state index in [4.69, 9.17) is 30.5 Å². The van der Waals surface area contributed by atoms with Gasteiger partial charge in [0.2, 0.25) is 0 Å². The van der Waals surface area contributed by atoms with Crippen LogP contribution in [0.25, 0.3) is 5.69 Å². The first kappa shape index (κ1) is 29.2. The van der Waals surface area contributed by atoms with E-state index < -0.39 is 12.1 Å². The van der Waals surface area contributed by atoms with E-state index in [1.807, 2.05) is 54.7 Å². The zero-order valence-corrected chi connectivity index (χ0v) is 24.7. The van der Waals surface area contributed by atoms with Gasteiger partial charge < -0.3 is 28.4 Å². The van der Waals surface area contributed by atoms with Crippen molar-refractivity contribution in [3.63, 3.8) is 0 Å². The third kappa shape index (κ3) is 5.86. The van der Waals surface area contributed by atoms with E-state index in [0.29, 0.717) is 29.5 Å². The third-order valence-electron chi connectivity index (χ3n) is 7.16. The number of benzene rings is 2. The highest BCUT2D eigenvalue weighted by Crippen LogP contribution is 2.46. The first-order valence-electron chi connectivity index (χ1n) is 13.6. The highest BCUT2D eigenvalue weighted by molar-refractivity contribution is 6.30. The SMILES string of the molecule is CCOC(=O)CN(C)C(=O)c1ccn(CCC2OC(c3cccc(OC)c3OC)c3cc(Cl)ccc3-n3cccc32)n1. The Hall–Kier alpha value is -4.28. The van der Waals surface area contributed by atoms with Crippen LogP contribution >= 0.6 is 11.6 Å². The van der Waals surface area contributed by atoms with E-state index in [1.54, 1.807) is 45.1 Å². The third-order valence-corrected chi connectivity index (χ3v) is 7.39. The number of para-hydroxylation sites is 1. The topological polar surface area (TPSA) is 97.0 Å². The fraction of sp³-hybridized carbons (Fsp3) is 0.323. The number of methoxy groups -OCH3 is 2. The maximum atomic E-state index is 12.8. The molecule has 2 atom stereocenters. The van der Waals surface area contributed by atoms with Gasteiger partial charge in [0, 0.05) is 42.1 Å². The zero-order chi connectivity index (χ0) is 29.8. The van der Waals surface area contributed by atoms with Gasteiger partial charge in [-0.3, -0.25) is 14.3 Å². The molecule has 4 aromatic rings. The maximum Gasteiger partial charge on any atom is 0.325 e. The number of amides is 1. The summed E-state index contributed by atoms with van der Waals surface area (Å²) in [5.41, 5.74) is 3.88. The van der Waals surface area contributed by atoms with Crippen molar-refractivity contribution in [1.82, 2.24) is 19.2 Å². The Kier molecular flexibility index (Phi) is 8.84. The lowest BCUT2D eigenvalue weighted by atomic mass is 9.98. The van der Waals surface area contributed by atoms with Crippen molar-refractivity contribution in [3.05, 3.63) is 94.5 Å². The van der Waals surface area contributed by atoms with Gasteiger partial charge in [0.15, 0.2) is 11.5 Å². The van der Waals surface area contributed by atoms with Crippen molar-refractivity contribution in [3.8, 4) is 17.2 Å². The number of ether oxygens (including phenoxy) is 4. The van der Waals surface area contributed by atoms with Gasteiger partial charge in [0.05, 0.1) is 32.2 Å². The molecule has 0 radical (unpaired) electrons. The summed E-state index contributed by atoms with van der Waals surface area (Å²) in [6.45, 7) is 2.31. The summed E-state index contributed by atoms with van der Waals surface area (Å²) < 4.78 is 27.0. The van der Waals surface area contributed by atoms with Crippen LogP contribution in [0.15, 0.2) is 67.0 Å². The molecule has 0 aliphatic carbocycles. The number of aromatic nitrogens is 3. The number of carbonyl (C=O) groups excluding carboxylic acids is 2. The second-order valence-corrected chi connectivity index (χ2v) is 10.2. The molecule has 42 heavy (non-hydrogen) atoms. The number of halogens is 1. The number of nitrogens with zero attached hydrogens (tertiary/aromatic N) is 4. The average Bonchev–Trinajstić information content (AvgIpc) is 3.65. The summed E-state index contributed by atoms with van der Waals surface area (Å²) in [5, 5.41) is 5.07. The average molecular weight is 593 g/mol. The van der Waals surface area contributed by atoms with Crippen LogP contribution < -0.4 is 9.47 Å². The first-order valence-corrected chi connectivity index (χ1v) is 14.0. The number of likely N-dealkylation sites (N-methyl/N-ethyl adjacent to an activating group) is 1. The second-order valence-electron chi connectivity index (χ2n) is 9.81. The van der Waals surface area contributed by atoms with Gasteiger partial charge >= 0.3 is 5.97 Å². The van der Waals surface area contributed by atoms with E-state index in [0.717, 1.165) is 22.5 Å². The largest absolute Gasteiger partial charge is 0.493 e. The van der Waals surface area contributed by atoms with E-state index >= 15 is 0 Å². The van der Waals surface area contributed by atoms with Crippen molar-refractivity contribution < 1.29 is 28.5 Å². The number of rotatable bonds is 10. The molecule has 3 heterocycles. The molecule has 10 nitrogen and oxygen atoms in total. The minimum absolute atomic E-state index is 0.147. The monoisotopic (exact) mass is 592 g/mol. The molecule has 2 aromatic carbocycles. The van der Waals surface area contributed by atoms with Crippen LogP contribution in [0.5, 0.6) is 11.5 Å². The molecule has 2 unspecified atom stereocenters. The fourth-order valence-corrected chi connectivity index (χ4v) is 5.41. The van der Waals surface area contributed by atoms with Crippen molar-refractivity contribution in [2.75, 3.05) is 34.4 Å². The number of esters is 1. The molecule has 0 N–H and O–H groups in total. The van der Waals surface area contributed by atoms with Crippen LogP contribution in [0.1, 0.15) is 52.9 Å². The molecule has 220 valence electrons. The van der Waals surface area contributed by atoms with Crippen molar-refractivity contribution in [2.45, 2.75) is 32.1 Å². The molecule has 1 aliphatic rings. The van der Waals surface area contributed by atoms with Gasteiger partial charge in [0.25, 0.3) is 5.91 Å². The highest BCUT2D eigenvalue weighted by Gasteiger charge is 2.33. The Morgan fingerprint density at radius 1 is 1.05 bits per heavy atom. The number of fused-ring (bicyclic) bond motifs is 3. The predicted octanol–water partition coefficient (Wildman–Crippen LogP) is 5.23. The van der Waals surface area contributed by atoms with Gasteiger partial charge in [-0.2, -0.15) is 5.10 Å².